The molecule has 0 radical (unpaired) electrons. The highest BCUT2D eigenvalue weighted by atomic mass is 15.0. The second-order valence-corrected chi connectivity index (χ2v) is 34.3. The van der Waals surface area contributed by atoms with Crippen molar-refractivity contribution in [1.82, 2.24) is 38.2 Å². The second-order valence-electron chi connectivity index (χ2n) is 34.3. The maximum Gasteiger partial charge on any atom is 0.160 e. The lowest BCUT2D eigenvalue weighted by Gasteiger charge is -2.34. The third-order valence-electron chi connectivity index (χ3n) is 26.9. The van der Waals surface area contributed by atoms with E-state index >= 15 is 0 Å². The predicted octanol–water partition coefficient (Wildman–Crippen LogP) is 30.0. The summed E-state index contributed by atoms with van der Waals surface area (Å²) in [6.45, 7) is 4.78. The molecule has 0 N–H and O–H groups in total. The zero-order valence-corrected chi connectivity index (χ0v) is 70.3. The standard InChI is InChI=1S/C65H42N4.C55H38N4/c1-6-20-43(21-7-1)58-42-59(67-64(66-58)45-22-8-2-9-23-45)44-34-36-49(37-35-44)69-61-33-19-17-31-51(61)55-39-53-52-38-54-50-30-16-18-32-60(50)68(48-28-14-5-15-29-48)62(54)40-56(52)65(57(53)41-63(55)69,46-24-10-3-11-25-46)47-26-12-4-13-27-47;1-55(2)46-32-52-44(40-22-12-14-24-50(40)58(52)38-20-10-5-11-21-38)30-42(46)43-31-45-41-23-13-15-25-51(41)59(53(45)33-47(43)55)39-28-26-36(27-29-39)49-34-48(35-16-6-3-7-17-35)56-54(57-49)37-18-8-4-9-19-37/h1-42H;3-34H,1-2H3. The molecule has 24 aromatic rings. The molecule has 6 heterocycles. The summed E-state index contributed by atoms with van der Waals surface area (Å²) in [5.41, 5.74) is 35.9. The average Bonchev–Trinajstić information content (AvgIpc) is 1.51. The van der Waals surface area contributed by atoms with Crippen LogP contribution in [0, 0.1) is 0 Å². The number of fused-ring (bicyclic) bond motifs is 18. The summed E-state index contributed by atoms with van der Waals surface area (Å²) in [6, 6.07) is 162. The Morgan fingerprint density at radius 2 is 0.406 bits per heavy atom. The Kier molecular flexibility index (Phi) is 17.1. The summed E-state index contributed by atoms with van der Waals surface area (Å²) < 4.78 is 9.77. The van der Waals surface area contributed by atoms with E-state index in [1.54, 1.807) is 0 Å². The van der Waals surface area contributed by atoms with Gasteiger partial charge < -0.3 is 18.3 Å². The van der Waals surface area contributed by atoms with Crippen LogP contribution < -0.4 is 0 Å². The molecule has 0 unspecified atom stereocenters. The van der Waals surface area contributed by atoms with Crippen LogP contribution in [0.25, 0.3) is 200 Å². The van der Waals surface area contributed by atoms with Crippen LogP contribution in [0.4, 0.5) is 0 Å². The van der Waals surface area contributed by atoms with Crippen molar-refractivity contribution in [3.63, 3.8) is 0 Å². The first-order valence-corrected chi connectivity index (χ1v) is 44.0. The van der Waals surface area contributed by atoms with Crippen molar-refractivity contribution in [2.75, 3.05) is 0 Å². The van der Waals surface area contributed by atoms with Crippen molar-refractivity contribution < 1.29 is 0 Å². The van der Waals surface area contributed by atoms with Gasteiger partial charge in [0.1, 0.15) is 0 Å². The number of hydrogen-bond donors (Lipinski definition) is 0. The molecule has 0 spiro atoms. The first-order chi connectivity index (χ1) is 63.2. The highest BCUT2D eigenvalue weighted by Crippen LogP contribution is 2.60. The lowest BCUT2D eigenvalue weighted by atomic mass is 9.67. The van der Waals surface area contributed by atoms with E-state index in [2.05, 4.69) is 432 Å². The Balaban J connectivity index is 0.000000141. The van der Waals surface area contributed by atoms with E-state index < -0.39 is 5.41 Å². The summed E-state index contributed by atoms with van der Waals surface area (Å²) in [4.78, 5) is 20.3. The number of hydrogen-bond acceptors (Lipinski definition) is 4. The number of nitrogens with zero attached hydrogens (tertiary/aromatic N) is 8. The summed E-state index contributed by atoms with van der Waals surface area (Å²) >= 11 is 0. The summed E-state index contributed by atoms with van der Waals surface area (Å²) in [5.74, 6) is 1.42. The van der Waals surface area contributed by atoms with Crippen molar-refractivity contribution in [2.45, 2.75) is 24.7 Å². The maximum absolute atomic E-state index is 5.16. The molecule has 0 fully saturated rings. The zero-order chi connectivity index (χ0) is 84.7. The molecule has 8 heteroatoms. The molecular weight excluding hydrogens is 1550 g/mol. The predicted molar refractivity (Wildman–Crippen MR) is 529 cm³/mol. The quantitative estimate of drug-likeness (QED) is 0.122. The van der Waals surface area contributed by atoms with Crippen LogP contribution in [0.15, 0.2) is 449 Å². The van der Waals surface area contributed by atoms with Crippen LogP contribution in [-0.4, -0.2) is 38.2 Å². The molecule has 0 saturated heterocycles. The van der Waals surface area contributed by atoms with Crippen LogP contribution in [0.5, 0.6) is 0 Å². The van der Waals surface area contributed by atoms with Gasteiger partial charge in [0.05, 0.1) is 72.3 Å². The zero-order valence-electron chi connectivity index (χ0n) is 70.3. The van der Waals surface area contributed by atoms with Gasteiger partial charge in [-0.25, -0.2) is 19.9 Å². The Hall–Kier alpha value is -16.7. The van der Waals surface area contributed by atoms with E-state index in [1.807, 2.05) is 48.5 Å². The minimum Gasteiger partial charge on any atom is -0.309 e. The van der Waals surface area contributed by atoms with Gasteiger partial charge in [-0.1, -0.05) is 329 Å². The molecule has 26 rings (SSSR count). The largest absolute Gasteiger partial charge is 0.309 e. The highest BCUT2D eigenvalue weighted by molar-refractivity contribution is 6.17. The Morgan fingerprint density at radius 3 is 0.703 bits per heavy atom. The Morgan fingerprint density at radius 1 is 0.180 bits per heavy atom. The molecule has 6 aromatic heterocycles. The molecular formula is C120H80N8. The summed E-state index contributed by atoms with van der Waals surface area (Å²) in [5, 5.41) is 9.99. The topological polar surface area (TPSA) is 71.3 Å². The molecule has 2 aliphatic rings. The second kappa shape index (κ2) is 29.5. The van der Waals surface area contributed by atoms with Crippen molar-refractivity contribution >= 4 is 87.2 Å². The molecule has 128 heavy (non-hydrogen) atoms. The van der Waals surface area contributed by atoms with E-state index in [4.69, 9.17) is 19.9 Å². The summed E-state index contributed by atoms with van der Waals surface area (Å²) in [7, 11) is 0. The van der Waals surface area contributed by atoms with Gasteiger partial charge >= 0.3 is 0 Å². The van der Waals surface area contributed by atoms with Crippen molar-refractivity contribution in [2.24, 2.45) is 0 Å². The van der Waals surface area contributed by atoms with Crippen molar-refractivity contribution in [3.05, 3.63) is 482 Å². The van der Waals surface area contributed by atoms with Crippen molar-refractivity contribution in [3.8, 4) is 113 Å². The monoisotopic (exact) mass is 1630 g/mol. The Bertz CT molecular complexity index is 8360. The summed E-state index contributed by atoms with van der Waals surface area (Å²) in [6.07, 6.45) is 0. The minimum atomic E-state index is -0.626. The van der Waals surface area contributed by atoms with E-state index in [9.17, 15) is 0 Å². The SMILES string of the molecule is CC1(C)c2cc3c(cc2-c2cc4c5ccccc5n(-c5ccc(-c6cc(-c7ccccc7)nc(-c7ccccc7)n6)cc5)c4cc21)c1ccccc1n3-c1ccccc1.c1ccc(-c2cc(-c3ccc(-n4c5ccccc5c5cc6c(cc54)C(c4ccccc4)(c4ccccc4)c4cc5c(cc4-6)c4ccccc4n5-c4ccccc4)cc3)nc(-c3ccccc3)n2)cc1. The van der Waals surface area contributed by atoms with E-state index in [0.29, 0.717) is 11.6 Å². The van der Waals surface area contributed by atoms with Gasteiger partial charge in [0, 0.05) is 105 Å². The van der Waals surface area contributed by atoms with Gasteiger partial charge in [-0.2, -0.15) is 0 Å². The van der Waals surface area contributed by atoms with Crippen LogP contribution in [0.2, 0.25) is 0 Å². The molecule has 2 aliphatic carbocycles. The molecule has 18 aromatic carbocycles. The smallest absolute Gasteiger partial charge is 0.160 e. The third kappa shape index (κ3) is 11.7. The van der Waals surface area contributed by atoms with Gasteiger partial charge in [0.25, 0.3) is 0 Å². The van der Waals surface area contributed by atoms with Crippen LogP contribution in [-0.2, 0) is 10.8 Å². The fourth-order valence-electron chi connectivity index (χ4n) is 21.0. The van der Waals surface area contributed by atoms with Gasteiger partial charge in [0.15, 0.2) is 11.6 Å². The van der Waals surface area contributed by atoms with Crippen LogP contribution in [0.3, 0.4) is 0 Å². The molecule has 0 amide bonds. The van der Waals surface area contributed by atoms with Crippen molar-refractivity contribution in [1.29, 1.82) is 0 Å². The highest BCUT2D eigenvalue weighted by Gasteiger charge is 2.48. The first-order valence-electron chi connectivity index (χ1n) is 44.0. The molecule has 0 saturated carbocycles. The van der Waals surface area contributed by atoms with Gasteiger partial charge in [-0.15, -0.1) is 0 Å². The molecule has 8 nitrogen and oxygen atoms in total. The molecule has 0 atom stereocenters. The van der Waals surface area contributed by atoms with Gasteiger partial charge in [-0.05, 0) is 189 Å². The fraction of sp³-hybridized carbons (Fsp3) is 0.0333. The normalized spacial score (nSPS) is 12.9. The third-order valence-corrected chi connectivity index (χ3v) is 26.9. The van der Waals surface area contributed by atoms with E-state index in [0.717, 1.165) is 84.3 Å². The average molecular weight is 1630 g/mol. The maximum atomic E-state index is 5.16. The van der Waals surface area contributed by atoms with E-state index in [-0.39, 0.29) is 5.41 Å². The van der Waals surface area contributed by atoms with E-state index in [1.165, 1.54) is 138 Å². The van der Waals surface area contributed by atoms with Gasteiger partial charge in [-0.3, -0.25) is 0 Å². The lowest BCUT2D eigenvalue weighted by molar-refractivity contribution is 0.661. The fourth-order valence-corrected chi connectivity index (χ4v) is 21.0. The lowest BCUT2D eigenvalue weighted by Crippen LogP contribution is -2.28. The van der Waals surface area contributed by atoms with Gasteiger partial charge in [0.2, 0.25) is 0 Å². The molecule has 0 aliphatic heterocycles. The van der Waals surface area contributed by atoms with Crippen LogP contribution >= 0.6 is 0 Å². The Labute approximate surface area is 740 Å². The number of rotatable bonds is 12. The number of aromatic nitrogens is 8. The first kappa shape index (κ1) is 74.0. The number of benzene rings is 18. The molecule has 600 valence electrons. The van der Waals surface area contributed by atoms with Crippen LogP contribution in [0.1, 0.15) is 47.2 Å². The number of para-hydroxylation sites is 6. The molecule has 0 bridgehead atoms. The minimum absolute atomic E-state index is 0.212.